The van der Waals surface area contributed by atoms with Crippen molar-refractivity contribution in [3.05, 3.63) is 71.8 Å². The van der Waals surface area contributed by atoms with Crippen molar-refractivity contribution >= 4 is 0 Å². The standard InChI is InChI=1S/C21H27NO/c1-2-22-15-9-10-18(16-22)17-23-21(19-11-5-3-6-12-19)20-13-7-4-8-14-20/h3-8,11-14,18,21H,2,9-10,15-17H2,1H3. The molecule has 2 aromatic rings. The van der Waals surface area contributed by atoms with E-state index < -0.39 is 0 Å². The van der Waals surface area contributed by atoms with Gasteiger partial charge in [0.1, 0.15) is 6.10 Å². The van der Waals surface area contributed by atoms with Crippen molar-refractivity contribution in [2.24, 2.45) is 5.92 Å². The average Bonchev–Trinajstić information content (AvgIpc) is 2.64. The van der Waals surface area contributed by atoms with Gasteiger partial charge in [-0.2, -0.15) is 0 Å². The summed E-state index contributed by atoms with van der Waals surface area (Å²) >= 11 is 0. The highest BCUT2D eigenvalue weighted by atomic mass is 16.5. The van der Waals surface area contributed by atoms with Crippen LogP contribution in [0.25, 0.3) is 0 Å². The van der Waals surface area contributed by atoms with Crippen molar-refractivity contribution < 1.29 is 4.74 Å². The Kier molecular flexibility index (Phi) is 5.84. The van der Waals surface area contributed by atoms with E-state index in [1.54, 1.807) is 0 Å². The molecule has 0 amide bonds. The van der Waals surface area contributed by atoms with Crippen molar-refractivity contribution in [3.63, 3.8) is 0 Å². The molecule has 0 bridgehead atoms. The third-order valence-electron chi connectivity index (χ3n) is 4.75. The predicted octanol–water partition coefficient (Wildman–Crippen LogP) is 4.52. The smallest absolute Gasteiger partial charge is 0.108 e. The minimum atomic E-state index is 0.0365. The summed E-state index contributed by atoms with van der Waals surface area (Å²) in [6.07, 6.45) is 2.62. The van der Waals surface area contributed by atoms with Crippen LogP contribution in [0.3, 0.4) is 0 Å². The molecule has 23 heavy (non-hydrogen) atoms. The summed E-state index contributed by atoms with van der Waals surface area (Å²) in [4.78, 5) is 2.54. The lowest BCUT2D eigenvalue weighted by Gasteiger charge is -2.32. The van der Waals surface area contributed by atoms with Gasteiger partial charge in [0.05, 0.1) is 6.61 Å². The van der Waals surface area contributed by atoms with E-state index in [-0.39, 0.29) is 6.10 Å². The van der Waals surface area contributed by atoms with Gasteiger partial charge in [0.25, 0.3) is 0 Å². The Morgan fingerprint density at radius 1 is 1.00 bits per heavy atom. The molecule has 122 valence electrons. The summed E-state index contributed by atoms with van der Waals surface area (Å²) in [7, 11) is 0. The number of rotatable bonds is 6. The van der Waals surface area contributed by atoms with Crippen LogP contribution in [0.5, 0.6) is 0 Å². The average molecular weight is 309 g/mol. The van der Waals surface area contributed by atoms with Gasteiger partial charge in [-0.1, -0.05) is 67.6 Å². The molecule has 1 heterocycles. The number of ether oxygens (including phenoxy) is 1. The van der Waals surface area contributed by atoms with Crippen LogP contribution in [-0.4, -0.2) is 31.1 Å². The molecule has 1 saturated heterocycles. The van der Waals surface area contributed by atoms with Crippen LogP contribution >= 0.6 is 0 Å². The Balaban J connectivity index is 1.70. The summed E-state index contributed by atoms with van der Waals surface area (Å²) in [5, 5.41) is 0. The van der Waals surface area contributed by atoms with Gasteiger partial charge in [0.15, 0.2) is 0 Å². The molecule has 1 aliphatic heterocycles. The normalized spacial score (nSPS) is 19.1. The molecule has 0 spiro atoms. The summed E-state index contributed by atoms with van der Waals surface area (Å²) < 4.78 is 6.42. The molecule has 2 aromatic carbocycles. The van der Waals surface area contributed by atoms with Gasteiger partial charge in [-0.25, -0.2) is 0 Å². The largest absolute Gasteiger partial charge is 0.368 e. The molecule has 3 rings (SSSR count). The van der Waals surface area contributed by atoms with E-state index in [0.29, 0.717) is 5.92 Å². The molecule has 0 aromatic heterocycles. The maximum Gasteiger partial charge on any atom is 0.108 e. The molecule has 2 nitrogen and oxygen atoms in total. The monoisotopic (exact) mass is 309 g/mol. The van der Waals surface area contributed by atoms with Gasteiger partial charge >= 0.3 is 0 Å². The second kappa shape index (κ2) is 8.28. The van der Waals surface area contributed by atoms with Crippen LogP contribution in [-0.2, 0) is 4.74 Å². The summed E-state index contributed by atoms with van der Waals surface area (Å²) in [5.74, 6) is 0.652. The molecule has 2 heteroatoms. The fourth-order valence-electron chi connectivity index (χ4n) is 3.45. The Labute approximate surface area is 140 Å². The van der Waals surface area contributed by atoms with E-state index in [0.717, 1.165) is 13.2 Å². The zero-order valence-electron chi connectivity index (χ0n) is 14.0. The number of hydrogen-bond donors (Lipinski definition) is 0. The van der Waals surface area contributed by atoms with Crippen LogP contribution in [0.4, 0.5) is 0 Å². The Morgan fingerprint density at radius 3 is 2.17 bits per heavy atom. The second-order valence-corrected chi connectivity index (χ2v) is 6.44. The molecule has 1 unspecified atom stereocenters. The van der Waals surface area contributed by atoms with Crippen LogP contribution in [0.1, 0.15) is 37.0 Å². The fourth-order valence-corrected chi connectivity index (χ4v) is 3.45. The summed E-state index contributed by atoms with van der Waals surface area (Å²) in [5.41, 5.74) is 2.48. The van der Waals surface area contributed by atoms with E-state index in [4.69, 9.17) is 4.74 Å². The number of nitrogens with zero attached hydrogens (tertiary/aromatic N) is 1. The lowest BCUT2D eigenvalue weighted by Crippen LogP contribution is -2.37. The Bertz CT molecular complexity index is 529. The van der Waals surface area contributed by atoms with E-state index in [9.17, 15) is 0 Å². The third-order valence-corrected chi connectivity index (χ3v) is 4.75. The molecule has 0 aliphatic carbocycles. The molecule has 1 atom stereocenters. The topological polar surface area (TPSA) is 12.5 Å². The van der Waals surface area contributed by atoms with Gasteiger partial charge in [-0.3, -0.25) is 0 Å². The Morgan fingerprint density at radius 2 is 1.61 bits per heavy atom. The number of piperidine rings is 1. The zero-order valence-corrected chi connectivity index (χ0v) is 14.0. The van der Waals surface area contributed by atoms with Crippen molar-refractivity contribution in [1.29, 1.82) is 0 Å². The SMILES string of the molecule is CCN1CCCC(COC(c2ccccc2)c2ccccc2)C1. The zero-order chi connectivity index (χ0) is 15.9. The minimum absolute atomic E-state index is 0.0365. The molecule has 0 saturated carbocycles. The van der Waals surface area contributed by atoms with Crippen LogP contribution < -0.4 is 0 Å². The van der Waals surface area contributed by atoms with Crippen molar-refractivity contribution in [3.8, 4) is 0 Å². The van der Waals surface area contributed by atoms with Crippen LogP contribution in [0, 0.1) is 5.92 Å². The van der Waals surface area contributed by atoms with Crippen molar-refractivity contribution in [1.82, 2.24) is 4.90 Å². The van der Waals surface area contributed by atoms with E-state index in [1.165, 1.54) is 37.1 Å². The molecule has 1 fully saturated rings. The number of likely N-dealkylation sites (tertiary alicyclic amines) is 1. The van der Waals surface area contributed by atoms with E-state index in [2.05, 4.69) is 72.5 Å². The lowest BCUT2D eigenvalue weighted by molar-refractivity contribution is 0.0274. The number of hydrogen-bond acceptors (Lipinski definition) is 2. The quantitative estimate of drug-likeness (QED) is 0.777. The van der Waals surface area contributed by atoms with Gasteiger partial charge in [-0.15, -0.1) is 0 Å². The highest BCUT2D eigenvalue weighted by molar-refractivity contribution is 5.29. The first-order valence-corrected chi connectivity index (χ1v) is 8.80. The molecular weight excluding hydrogens is 282 g/mol. The van der Waals surface area contributed by atoms with Crippen molar-refractivity contribution in [2.75, 3.05) is 26.2 Å². The fraction of sp³-hybridized carbons (Fsp3) is 0.429. The predicted molar refractivity (Wildman–Crippen MR) is 95.5 cm³/mol. The summed E-state index contributed by atoms with van der Waals surface area (Å²) in [6, 6.07) is 21.1. The summed E-state index contributed by atoms with van der Waals surface area (Å²) in [6.45, 7) is 6.66. The van der Waals surface area contributed by atoms with Crippen LogP contribution in [0.2, 0.25) is 0 Å². The Hall–Kier alpha value is -1.64. The highest BCUT2D eigenvalue weighted by Crippen LogP contribution is 2.27. The lowest BCUT2D eigenvalue weighted by atomic mass is 9.98. The molecule has 0 N–H and O–H groups in total. The van der Waals surface area contributed by atoms with E-state index in [1.807, 2.05) is 0 Å². The van der Waals surface area contributed by atoms with Crippen LogP contribution in [0.15, 0.2) is 60.7 Å². The number of benzene rings is 2. The van der Waals surface area contributed by atoms with Gasteiger partial charge < -0.3 is 9.64 Å². The first kappa shape index (κ1) is 16.2. The third kappa shape index (κ3) is 4.43. The molecule has 1 aliphatic rings. The second-order valence-electron chi connectivity index (χ2n) is 6.44. The van der Waals surface area contributed by atoms with Gasteiger partial charge in [0, 0.05) is 6.54 Å². The maximum atomic E-state index is 6.42. The highest BCUT2D eigenvalue weighted by Gasteiger charge is 2.21. The van der Waals surface area contributed by atoms with E-state index >= 15 is 0 Å². The molecular formula is C21H27NO. The maximum absolute atomic E-state index is 6.42. The van der Waals surface area contributed by atoms with Gasteiger partial charge in [0.2, 0.25) is 0 Å². The van der Waals surface area contributed by atoms with Gasteiger partial charge in [-0.05, 0) is 43.0 Å². The van der Waals surface area contributed by atoms with Crippen molar-refractivity contribution in [2.45, 2.75) is 25.9 Å². The minimum Gasteiger partial charge on any atom is -0.368 e. The first-order valence-electron chi connectivity index (χ1n) is 8.80. The molecule has 0 radical (unpaired) electrons. The first-order chi connectivity index (χ1) is 11.4.